The lowest BCUT2D eigenvalue weighted by molar-refractivity contribution is 0.0313. The molecule has 0 saturated heterocycles. The second-order valence-electron chi connectivity index (χ2n) is 9.13. The second-order valence-corrected chi connectivity index (χ2v) is 9.13. The third-order valence-electron chi connectivity index (χ3n) is 6.41. The third-order valence-corrected chi connectivity index (χ3v) is 6.41. The summed E-state index contributed by atoms with van der Waals surface area (Å²) in [7, 11) is 1.63. The van der Waals surface area contributed by atoms with Crippen LogP contribution in [0.2, 0.25) is 0 Å². The summed E-state index contributed by atoms with van der Waals surface area (Å²) >= 11 is 0. The van der Waals surface area contributed by atoms with E-state index in [1.165, 1.54) is 23.1 Å². The van der Waals surface area contributed by atoms with Crippen LogP contribution in [0.15, 0.2) is 61.1 Å². The Kier molecular flexibility index (Phi) is 7.59. The van der Waals surface area contributed by atoms with E-state index in [0.717, 1.165) is 11.1 Å². The molecule has 0 radical (unpaired) electrons. The number of pyridine rings is 2. The molecule has 0 aliphatic carbocycles. The highest BCUT2D eigenvalue weighted by Gasteiger charge is 2.35. The maximum Gasteiger partial charge on any atom is 0.259 e. The Bertz CT molecular complexity index is 1240. The van der Waals surface area contributed by atoms with Crippen molar-refractivity contribution < 1.29 is 23.8 Å². The average molecular weight is 493 g/mol. The Hall–Kier alpha value is -3.85. The van der Waals surface area contributed by atoms with Crippen molar-refractivity contribution in [3.05, 3.63) is 78.0 Å². The highest BCUT2D eigenvalue weighted by atomic mass is 19.1. The van der Waals surface area contributed by atoms with Gasteiger partial charge in [-0.25, -0.2) is 9.37 Å². The minimum absolute atomic E-state index is 0.163. The van der Waals surface area contributed by atoms with Crippen LogP contribution in [0.25, 0.3) is 11.1 Å². The van der Waals surface area contributed by atoms with E-state index in [2.05, 4.69) is 9.97 Å². The Morgan fingerprint density at radius 2 is 2.00 bits per heavy atom. The van der Waals surface area contributed by atoms with Gasteiger partial charge in [-0.3, -0.25) is 14.6 Å². The van der Waals surface area contributed by atoms with Crippen LogP contribution < -0.4 is 4.74 Å². The number of rotatable bonds is 6. The molecule has 0 fully saturated rings. The topological polar surface area (TPSA) is 95.9 Å². The maximum absolute atomic E-state index is 13.7. The van der Waals surface area contributed by atoms with Gasteiger partial charge in [0.1, 0.15) is 17.5 Å². The molecule has 2 amide bonds. The highest BCUT2D eigenvalue weighted by Crippen LogP contribution is 2.30. The number of carbonyl (C=O) groups is 2. The fraction of sp³-hybridized carbons (Fsp3) is 0.333. The van der Waals surface area contributed by atoms with E-state index in [9.17, 15) is 19.1 Å². The van der Waals surface area contributed by atoms with E-state index in [1.54, 1.807) is 49.6 Å². The molecule has 8 nitrogen and oxygen atoms in total. The van der Waals surface area contributed by atoms with Crippen LogP contribution in [-0.2, 0) is 0 Å². The third kappa shape index (κ3) is 5.36. The molecule has 9 heteroatoms. The summed E-state index contributed by atoms with van der Waals surface area (Å²) in [6.45, 7) is 4.01. The largest absolute Gasteiger partial charge is 0.472 e. The summed E-state index contributed by atoms with van der Waals surface area (Å²) in [5.74, 6) is -1.15. The minimum atomic E-state index is -0.507. The smallest absolute Gasteiger partial charge is 0.259 e. The number of fused-ring (bicyclic) bond motifs is 1. The fourth-order valence-corrected chi connectivity index (χ4v) is 4.22. The molecule has 3 atom stereocenters. The first-order valence-corrected chi connectivity index (χ1v) is 11.8. The molecule has 1 aliphatic rings. The van der Waals surface area contributed by atoms with Crippen molar-refractivity contribution in [3.8, 4) is 17.0 Å². The Morgan fingerprint density at radius 1 is 1.25 bits per heavy atom. The first-order chi connectivity index (χ1) is 17.3. The lowest BCUT2D eigenvalue weighted by Gasteiger charge is -2.37. The summed E-state index contributed by atoms with van der Waals surface area (Å²) in [5, 5.41) is 9.84. The Labute approximate surface area is 209 Å². The molecule has 4 rings (SSSR count). The number of benzene rings is 1. The number of likely N-dealkylation sites (N-methyl/N-ethyl adjacent to an activating group) is 1. The van der Waals surface area contributed by atoms with Crippen LogP contribution >= 0.6 is 0 Å². The first-order valence-electron chi connectivity index (χ1n) is 11.8. The normalized spacial score (nSPS) is 18.5. The summed E-state index contributed by atoms with van der Waals surface area (Å²) in [6.07, 6.45) is 4.44. The predicted octanol–water partition coefficient (Wildman–Crippen LogP) is 3.28. The van der Waals surface area contributed by atoms with E-state index >= 15 is 0 Å². The van der Waals surface area contributed by atoms with Gasteiger partial charge >= 0.3 is 0 Å². The van der Waals surface area contributed by atoms with Crippen molar-refractivity contribution in [2.24, 2.45) is 5.92 Å². The van der Waals surface area contributed by atoms with E-state index in [4.69, 9.17) is 4.74 Å². The van der Waals surface area contributed by atoms with Gasteiger partial charge in [0, 0.05) is 49.2 Å². The lowest BCUT2D eigenvalue weighted by atomic mass is 9.99. The maximum atomic E-state index is 13.7. The van der Waals surface area contributed by atoms with Crippen LogP contribution in [0.5, 0.6) is 5.88 Å². The van der Waals surface area contributed by atoms with Gasteiger partial charge < -0.3 is 19.6 Å². The Balaban J connectivity index is 1.67. The van der Waals surface area contributed by atoms with Crippen molar-refractivity contribution in [2.45, 2.75) is 26.0 Å². The molecule has 0 spiro atoms. The number of amides is 2. The lowest BCUT2D eigenvalue weighted by Crippen LogP contribution is -2.50. The fourth-order valence-electron chi connectivity index (χ4n) is 4.22. The quantitative estimate of drug-likeness (QED) is 0.568. The molecule has 3 heterocycles. The molecule has 1 aromatic carbocycles. The zero-order chi connectivity index (χ0) is 25.8. The van der Waals surface area contributed by atoms with Crippen molar-refractivity contribution >= 4 is 11.8 Å². The van der Waals surface area contributed by atoms with Crippen molar-refractivity contribution in [2.75, 3.05) is 26.7 Å². The molecular weight excluding hydrogens is 463 g/mol. The van der Waals surface area contributed by atoms with E-state index < -0.39 is 18.0 Å². The van der Waals surface area contributed by atoms with E-state index in [1.807, 2.05) is 19.1 Å². The number of halogens is 1. The minimum Gasteiger partial charge on any atom is -0.472 e. The molecule has 0 unspecified atom stereocenters. The molecule has 188 valence electrons. The van der Waals surface area contributed by atoms with Crippen LogP contribution in [-0.4, -0.2) is 75.6 Å². The van der Waals surface area contributed by atoms with Gasteiger partial charge in [0.05, 0.1) is 19.2 Å². The van der Waals surface area contributed by atoms with Gasteiger partial charge in [-0.2, -0.15) is 0 Å². The SMILES string of the molecule is C[C@@H]1CN([C@H](C)CO)C(=O)c2cc(-c3ccncc3)cnc2O[C@H]1CN(C)C(=O)c1cccc(F)c1. The van der Waals surface area contributed by atoms with Crippen molar-refractivity contribution in [3.63, 3.8) is 0 Å². The van der Waals surface area contributed by atoms with Crippen LogP contribution in [0, 0.1) is 11.7 Å². The van der Waals surface area contributed by atoms with Gasteiger partial charge in [0.2, 0.25) is 5.88 Å². The summed E-state index contributed by atoms with van der Waals surface area (Å²) in [5.41, 5.74) is 2.10. The highest BCUT2D eigenvalue weighted by molar-refractivity contribution is 5.98. The Morgan fingerprint density at radius 3 is 2.69 bits per heavy atom. The molecule has 1 N–H and O–H groups in total. The monoisotopic (exact) mass is 492 g/mol. The number of hydrogen-bond acceptors (Lipinski definition) is 6. The number of aliphatic hydroxyl groups excluding tert-OH is 1. The summed E-state index contributed by atoms with van der Waals surface area (Å²) < 4.78 is 19.9. The van der Waals surface area contributed by atoms with Gasteiger partial charge in [0.25, 0.3) is 11.8 Å². The van der Waals surface area contributed by atoms with Gasteiger partial charge in [-0.1, -0.05) is 13.0 Å². The number of nitrogens with zero attached hydrogens (tertiary/aromatic N) is 4. The molecule has 0 bridgehead atoms. The average Bonchev–Trinajstić information content (AvgIpc) is 2.90. The summed E-state index contributed by atoms with van der Waals surface area (Å²) in [4.78, 5) is 38.1. The molecule has 1 aliphatic heterocycles. The standard InChI is InChI=1S/C27H29FN4O4/c1-17-14-32(18(2)16-33)27(35)23-12-21(19-7-9-29-10-8-19)13-30-25(23)36-24(17)15-31(3)26(34)20-5-4-6-22(28)11-20/h4-13,17-18,24,33H,14-16H2,1-3H3/t17-,18-,24+/m1/s1. The first kappa shape index (κ1) is 25.2. The van der Waals surface area contributed by atoms with E-state index in [-0.39, 0.29) is 47.9 Å². The van der Waals surface area contributed by atoms with Gasteiger partial charge in [-0.15, -0.1) is 0 Å². The zero-order valence-electron chi connectivity index (χ0n) is 20.5. The van der Waals surface area contributed by atoms with Crippen molar-refractivity contribution in [1.29, 1.82) is 0 Å². The molecule has 2 aromatic heterocycles. The summed E-state index contributed by atoms with van der Waals surface area (Å²) in [6, 6.07) is 10.5. The van der Waals surface area contributed by atoms with Crippen molar-refractivity contribution in [1.82, 2.24) is 19.8 Å². The zero-order valence-corrected chi connectivity index (χ0v) is 20.5. The number of ether oxygens (including phenoxy) is 1. The number of carbonyl (C=O) groups excluding carboxylic acids is 2. The van der Waals surface area contributed by atoms with E-state index in [0.29, 0.717) is 6.54 Å². The second kappa shape index (κ2) is 10.8. The van der Waals surface area contributed by atoms with Gasteiger partial charge in [-0.05, 0) is 48.9 Å². The number of aromatic nitrogens is 2. The molecule has 3 aromatic rings. The van der Waals surface area contributed by atoms with Gasteiger partial charge in [0.15, 0.2) is 0 Å². The number of hydrogen-bond donors (Lipinski definition) is 1. The van der Waals surface area contributed by atoms with Crippen LogP contribution in [0.1, 0.15) is 34.6 Å². The molecule has 0 saturated carbocycles. The molecule has 36 heavy (non-hydrogen) atoms. The molecular formula is C27H29FN4O4. The van der Waals surface area contributed by atoms with Crippen LogP contribution in [0.3, 0.4) is 0 Å². The number of aliphatic hydroxyl groups is 1. The predicted molar refractivity (Wildman–Crippen MR) is 132 cm³/mol. The van der Waals surface area contributed by atoms with Crippen LogP contribution in [0.4, 0.5) is 4.39 Å².